The van der Waals surface area contributed by atoms with Crippen LogP contribution in [-0.4, -0.2) is 56.4 Å². The molecule has 0 amide bonds. The molecule has 0 unspecified atom stereocenters. The van der Waals surface area contributed by atoms with Crippen molar-refractivity contribution in [3.05, 3.63) is 23.8 Å². The summed E-state index contributed by atoms with van der Waals surface area (Å²) in [7, 11) is -8.13. The number of benzene rings is 1. The zero-order chi connectivity index (χ0) is 19.1. The van der Waals surface area contributed by atoms with Gasteiger partial charge in [0, 0.05) is 6.07 Å². The Labute approximate surface area is 146 Å². The van der Waals surface area contributed by atoms with E-state index in [-0.39, 0.29) is 43.2 Å². The maximum Gasteiger partial charge on any atom is 0.264 e. The molecule has 0 fully saturated rings. The third-order valence-electron chi connectivity index (χ3n) is 2.95. The first-order chi connectivity index (χ1) is 11.5. The molecule has 9 nitrogen and oxygen atoms in total. The van der Waals surface area contributed by atoms with E-state index in [9.17, 15) is 21.6 Å². The van der Waals surface area contributed by atoms with E-state index >= 15 is 0 Å². The molecule has 0 bridgehead atoms. The van der Waals surface area contributed by atoms with Gasteiger partial charge in [0.2, 0.25) is 0 Å². The quantitative estimate of drug-likeness (QED) is 0.320. The van der Waals surface area contributed by atoms with Crippen LogP contribution in [0.3, 0.4) is 0 Å². The minimum absolute atomic E-state index is 0.0292. The van der Waals surface area contributed by atoms with E-state index in [4.69, 9.17) is 18.6 Å². The highest BCUT2D eigenvalue weighted by atomic mass is 32.2. The van der Waals surface area contributed by atoms with Gasteiger partial charge in [-0.2, -0.15) is 16.8 Å². The van der Waals surface area contributed by atoms with Gasteiger partial charge in [-0.25, -0.2) is 0 Å². The van der Waals surface area contributed by atoms with Crippen LogP contribution in [0.25, 0.3) is 0 Å². The predicted octanol–water partition coefficient (Wildman–Crippen LogP) is 1.20. The van der Waals surface area contributed by atoms with Crippen LogP contribution in [0.1, 0.15) is 30.1 Å². The van der Waals surface area contributed by atoms with Crippen molar-refractivity contribution in [2.45, 2.75) is 19.8 Å². The molecule has 0 radical (unpaired) electrons. The highest BCUT2D eigenvalue weighted by molar-refractivity contribution is 7.86. The van der Waals surface area contributed by atoms with Crippen molar-refractivity contribution in [3.63, 3.8) is 0 Å². The summed E-state index contributed by atoms with van der Waals surface area (Å²) in [4.78, 5) is 11.6. The van der Waals surface area contributed by atoms with E-state index in [1.165, 1.54) is 25.1 Å². The molecule has 142 valence electrons. The minimum Gasteiger partial charge on any atom is -0.493 e. The predicted molar refractivity (Wildman–Crippen MR) is 89.5 cm³/mol. The number of ether oxygens (including phenoxy) is 2. The lowest BCUT2D eigenvalue weighted by atomic mass is 10.1. The fourth-order valence-electron chi connectivity index (χ4n) is 1.86. The van der Waals surface area contributed by atoms with Crippen LogP contribution in [-0.2, 0) is 20.2 Å². The van der Waals surface area contributed by atoms with Crippen LogP contribution in [0.4, 0.5) is 0 Å². The third-order valence-corrected chi connectivity index (χ3v) is 4.56. The van der Waals surface area contributed by atoms with Crippen molar-refractivity contribution in [3.8, 4) is 11.5 Å². The van der Waals surface area contributed by atoms with Gasteiger partial charge >= 0.3 is 0 Å². The van der Waals surface area contributed by atoms with Gasteiger partial charge < -0.3 is 9.47 Å². The smallest absolute Gasteiger partial charge is 0.264 e. The Bertz CT molecular complexity index is 798. The molecule has 11 heteroatoms. The van der Waals surface area contributed by atoms with Gasteiger partial charge in [-0.3, -0.25) is 13.9 Å². The molecule has 25 heavy (non-hydrogen) atoms. The molecule has 1 aromatic rings. The molecule has 0 aromatic heterocycles. The Balaban J connectivity index is 2.68. The van der Waals surface area contributed by atoms with Gasteiger partial charge in [-0.15, -0.1) is 0 Å². The topological polar surface area (TPSA) is 144 Å². The molecule has 0 saturated carbocycles. The lowest BCUT2D eigenvalue weighted by Crippen LogP contribution is -2.10. The summed E-state index contributed by atoms with van der Waals surface area (Å²) >= 11 is 0. The fraction of sp³-hybridized carbons (Fsp3) is 0.500. The second kappa shape index (κ2) is 9.13. The zero-order valence-electron chi connectivity index (χ0n) is 13.5. The fourth-order valence-corrected chi connectivity index (χ4v) is 2.82. The van der Waals surface area contributed by atoms with E-state index in [0.717, 1.165) is 0 Å². The van der Waals surface area contributed by atoms with E-state index in [0.29, 0.717) is 5.75 Å². The Morgan fingerprint density at radius 2 is 1.48 bits per heavy atom. The summed E-state index contributed by atoms with van der Waals surface area (Å²) in [6.07, 6.45) is 0.119. The second-order valence-corrected chi connectivity index (χ2v) is 8.33. The maximum absolute atomic E-state index is 11.6. The number of rotatable bonds is 11. The van der Waals surface area contributed by atoms with Crippen LogP contribution in [0, 0.1) is 0 Å². The average molecular weight is 396 g/mol. The maximum atomic E-state index is 11.6. The minimum atomic E-state index is -4.08. The van der Waals surface area contributed by atoms with Crippen molar-refractivity contribution in [2.24, 2.45) is 0 Å². The van der Waals surface area contributed by atoms with E-state index in [2.05, 4.69) is 0 Å². The molecule has 0 spiro atoms. The van der Waals surface area contributed by atoms with Crippen LogP contribution in [0.15, 0.2) is 18.2 Å². The van der Waals surface area contributed by atoms with Crippen LogP contribution >= 0.6 is 0 Å². The standard InChI is InChI=1S/C14H20O9S2/c1-11(15)13-5-4-12(22-6-2-8-24(16,17)18)10-14(13)23-7-3-9-25(19,20)21/h4-5,10H,2-3,6-9H2,1H3,(H,16,17,18)(H,19,20,21). The van der Waals surface area contributed by atoms with Gasteiger partial charge in [0.15, 0.2) is 5.78 Å². The monoisotopic (exact) mass is 396 g/mol. The van der Waals surface area contributed by atoms with Gasteiger partial charge in [0.1, 0.15) is 11.5 Å². The summed E-state index contributed by atoms with van der Waals surface area (Å²) in [5.41, 5.74) is 0.275. The summed E-state index contributed by atoms with van der Waals surface area (Å²) in [5, 5.41) is 0. The molecular weight excluding hydrogens is 376 g/mol. The van der Waals surface area contributed by atoms with Gasteiger partial charge in [-0.05, 0) is 31.9 Å². The summed E-state index contributed by atoms with van der Waals surface area (Å²) in [6, 6.07) is 4.41. The van der Waals surface area contributed by atoms with E-state index in [1.54, 1.807) is 0 Å². The van der Waals surface area contributed by atoms with Gasteiger partial charge in [-0.1, -0.05) is 0 Å². The first-order valence-electron chi connectivity index (χ1n) is 7.29. The number of carbonyl (C=O) groups is 1. The highest BCUT2D eigenvalue weighted by Crippen LogP contribution is 2.26. The number of hydrogen-bond acceptors (Lipinski definition) is 7. The molecule has 0 atom stereocenters. The number of hydrogen-bond donors (Lipinski definition) is 2. The molecule has 0 heterocycles. The van der Waals surface area contributed by atoms with Crippen molar-refractivity contribution in [2.75, 3.05) is 24.7 Å². The molecule has 2 N–H and O–H groups in total. The summed E-state index contributed by atoms with van der Waals surface area (Å²) in [6.45, 7) is 1.33. The van der Waals surface area contributed by atoms with Crippen LogP contribution in [0.2, 0.25) is 0 Å². The van der Waals surface area contributed by atoms with Crippen molar-refractivity contribution < 1.29 is 40.2 Å². The Hall–Kier alpha value is -1.69. The Morgan fingerprint density at radius 1 is 0.960 bits per heavy atom. The second-order valence-electron chi connectivity index (χ2n) is 5.19. The normalized spacial score (nSPS) is 12.0. The molecular formula is C14H20O9S2. The van der Waals surface area contributed by atoms with Crippen molar-refractivity contribution >= 4 is 26.0 Å². The molecule has 0 aliphatic heterocycles. The summed E-state index contributed by atoms with van der Waals surface area (Å²) < 4.78 is 70.6. The van der Waals surface area contributed by atoms with Gasteiger partial charge in [0.25, 0.3) is 20.2 Å². The third kappa shape index (κ3) is 9.39. The number of ketones is 1. The Kier molecular flexibility index (Phi) is 7.80. The lowest BCUT2D eigenvalue weighted by molar-refractivity contribution is 0.101. The summed E-state index contributed by atoms with van der Waals surface area (Å²) in [5.74, 6) is -0.644. The molecule has 0 aliphatic carbocycles. The molecule has 0 aliphatic rings. The Morgan fingerprint density at radius 3 is 1.96 bits per heavy atom. The van der Waals surface area contributed by atoms with Crippen molar-refractivity contribution in [1.29, 1.82) is 0 Å². The highest BCUT2D eigenvalue weighted by Gasteiger charge is 2.12. The first kappa shape index (κ1) is 21.4. The van der Waals surface area contributed by atoms with Gasteiger partial charge in [0.05, 0.1) is 30.3 Å². The largest absolute Gasteiger partial charge is 0.493 e. The molecule has 0 saturated heterocycles. The van der Waals surface area contributed by atoms with E-state index < -0.39 is 31.7 Å². The van der Waals surface area contributed by atoms with Crippen LogP contribution in [0.5, 0.6) is 11.5 Å². The lowest BCUT2D eigenvalue weighted by Gasteiger charge is -2.12. The number of Topliss-reactive ketones (excluding diaryl/α,β-unsaturated/α-hetero) is 1. The van der Waals surface area contributed by atoms with Crippen LogP contribution < -0.4 is 9.47 Å². The van der Waals surface area contributed by atoms with E-state index in [1.807, 2.05) is 0 Å². The number of carbonyl (C=O) groups excluding carboxylic acids is 1. The molecule has 1 rings (SSSR count). The average Bonchev–Trinajstić information content (AvgIpc) is 2.46. The first-order valence-corrected chi connectivity index (χ1v) is 10.5. The molecule has 1 aromatic carbocycles. The SMILES string of the molecule is CC(=O)c1ccc(OCCCS(=O)(=O)O)cc1OCCCS(=O)(=O)O. The zero-order valence-corrected chi connectivity index (χ0v) is 15.2. The van der Waals surface area contributed by atoms with Crippen molar-refractivity contribution in [1.82, 2.24) is 0 Å².